The molecule has 0 amide bonds. The Balaban J connectivity index is 2.45. The van der Waals surface area contributed by atoms with Gasteiger partial charge in [0.15, 0.2) is 31.0 Å². The van der Waals surface area contributed by atoms with Crippen LogP contribution in [0.2, 0.25) is 0 Å². The molecule has 0 spiro atoms. The summed E-state index contributed by atoms with van der Waals surface area (Å²) in [7, 11) is 0. The van der Waals surface area contributed by atoms with Crippen LogP contribution in [-0.2, 0) is 47.5 Å². The van der Waals surface area contributed by atoms with Gasteiger partial charge in [-0.25, -0.2) is 14.4 Å². The first-order valence-electron chi connectivity index (χ1n) is 13.4. The van der Waals surface area contributed by atoms with Crippen molar-refractivity contribution in [3.05, 3.63) is 22.7 Å². The lowest BCUT2D eigenvalue weighted by atomic mass is 9.97. The molecule has 0 aromatic carbocycles. The van der Waals surface area contributed by atoms with Gasteiger partial charge in [-0.1, -0.05) is 0 Å². The molecular weight excluding hydrogens is 590 g/mol. The van der Waals surface area contributed by atoms with Crippen LogP contribution in [0, 0.1) is 16.2 Å². The molecule has 0 saturated carbocycles. The molecule has 0 bridgehead atoms. The van der Waals surface area contributed by atoms with E-state index in [1.54, 1.807) is 26.3 Å². The van der Waals surface area contributed by atoms with Crippen LogP contribution < -0.4 is 11.2 Å². The Morgan fingerprint density at radius 1 is 0.864 bits per heavy atom. The summed E-state index contributed by atoms with van der Waals surface area (Å²) >= 11 is 0. The van der Waals surface area contributed by atoms with Crippen LogP contribution >= 0.6 is 0 Å². The van der Waals surface area contributed by atoms with E-state index in [9.17, 15) is 28.8 Å². The Hall–Kier alpha value is -4.09. The van der Waals surface area contributed by atoms with Gasteiger partial charge >= 0.3 is 35.9 Å². The molecule has 246 valence electrons. The molecule has 1 aromatic rings. The van der Waals surface area contributed by atoms with Crippen molar-refractivity contribution < 1.29 is 62.3 Å². The van der Waals surface area contributed by atoms with Gasteiger partial charge in [-0.2, -0.15) is 4.98 Å². The third-order valence-corrected chi connectivity index (χ3v) is 5.71. The second kappa shape index (κ2) is 14.1. The fourth-order valence-corrected chi connectivity index (χ4v) is 3.21. The average Bonchev–Trinajstić information content (AvgIpc) is 3.20. The quantitative estimate of drug-likeness (QED) is 0.105. The Kier molecular flexibility index (Phi) is 11.6. The number of aromatic nitrogens is 2. The lowest BCUT2D eigenvalue weighted by molar-refractivity contribution is -0.170. The second-order valence-corrected chi connectivity index (χ2v) is 12.8. The van der Waals surface area contributed by atoms with Crippen LogP contribution in [0.25, 0.3) is 0 Å². The Labute approximate surface area is 253 Å². The predicted octanol–water partition coefficient (Wildman–Crippen LogP) is 2.69. The smallest absolute Gasteiger partial charge is 0.438 e. The van der Waals surface area contributed by atoms with E-state index in [4.69, 9.17) is 38.4 Å². The summed E-state index contributed by atoms with van der Waals surface area (Å²) in [6, 6.07) is 1.17. The maximum absolute atomic E-state index is 12.8. The van der Waals surface area contributed by atoms with E-state index >= 15 is 0 Å². The van der Waals surface area contributed by atoms with E-state index in [-0.39, 0.29) is 5.82 Å². The monoisotopic (exact) mass is 629 g/mol. The standard InChI is InChI=1S/C27H39N3O14/c1-25(2,3)19(31)39-13-38-12-14-16(41-23(35)43-20(32)26(4,5)6)17(42-24(36)44-21(33)27(7,8)9)18(40-14)30-11-10-15(29-37)28-22(30)34/h10-11,14,16-18,37H,12-13H2,1-9H3,(H,28,29,34)/t14-,16-,17-,18-/m1/s1. The van der Waals surface area contributed by atoms with Crippen molar-refractivity contribution in [2.24, 2.45) is 16.2 Å². The number of nitrogens with zero attached hydrogens (tertiary/aromatic N) is 2. The zero-order valence-corrected chi connectivity index (χ0v) is 26.0. The van der Waals surface area contributed by atoms with E-state index < -0.39 is 90.1 Å². The number of hydrogen-bond donors (Lipinski definition) is 2. The molecule has 1 fully saturated rings. The number of esters is 3. The minimum atomic E-state index is -1.72. The van der Waals surface area contributed by atoms with E-state index in [2.05, 4.69) is 4.98 Å². The topological polar surface area (TPSA) is 217 Å². The number of ether oxygens (including phenoxy) is 7. The fourth-order valence-electron chi connectivity index (χ4n) is 3.21. The summed E-state index contributed by atoms with van der Waals surface area (Å²) in [6.07, 6.45) is -8.18. The molecule has 0 radical (unpaired) electrons. The van der Waals surface area contributed by atoms with Gasteiger partial charge in [0, 0.05) is 6.20 Å². The minimum absolute atomic E-state index is 0.227. The zero-order chi connectivity index (χ0) is 33.6. The molecule has 17 nitrogen and oxygen atoms in total. The molecule has 4 atom stereocenters. The molecular formula is C27H39N3O14. The van der Waals surface area contributed by atoms with Crippen LogP contribution in [0.1, 0.15) is 68.5 Å². The van der Waals surface area contributed by atoms with Gasteiger partial charge in [0.2, 0.25) is 0 Å². The van der Waals surface area contributed by atoms with E-state index in [1.165, 1.54) is 47.6 Å². The van der Waals surface area contributed by atoms with Crippen molar-refractivity contribution >= 4 is 36.0 Å². The number of anilines is 1. The summed E-state index contributed by atoms with van der Waals surface area (Å²) < 4.78 is 37.4. The summed E-state index contributed by atoms with van der Waals surface area (Å²) in [5.74, 6) is -2.71. The third-order valence-electron chi connectivity index (χ3n) is 5.71. The van der Waals surface area contributed by atoms with Crippen LogP contribution in [0.4, 0.5) is 15.4 Å². The van der Waals surface area contributed by atoms with E-state index in [0.717, 1.165) is 10.8 Å². The molecule has 0 unspecified atom stereocenters. The number of rotatable bonds is 8. The van der Waals surface area contributed by atoms with Crippen molar-refractivity contribution in [2.75, 3.05) is 18.9 Å². The lowest BCUT2D eigenvalue weighted by Gasteiger charge is -2.25. The molecule has 17 heteroatoms. The normalized spacial score (nSPS) is 20.3. The average molecular weight is 630 g/mol. The van der Waals surface area contributed by atoms with E-state index in [0.29, 0.717) is 0 Å². The molecule has 2 heterocycles. The summed E-state index contributed by atoms with van der Waals surface area (Å²) in [4.78, 5) is 78.5. The number of carbonyl (C=O) groups is 5. The highest BCUT2D eigenvalue weighted by Crippen LogP contribution is 2.34. The van der Waals surface area contributed by atoms with Gasteiger partial charge in [0.25, 0.3) is 0 Å². The number of carbonyl (C=O) groups excluding carboxylic acids is 5. The van der Waals surface area contributed by atoms with Crippen molar-refractivity contribution in [3.8, 4) is 0 Å². The zero-order valence-electron chi connectivity index (χ0n) is 26.0. The van der Waals surface area contributed by atoms with Crippen LogP contribution in [-0.4, -0.2) is 76.7 Å². The molecule has 2 N–H and O–H groups in total. The number of hydrogen-bond acceptors (Lipinski definition) is 16. The van der Waals surface area contributed by atoms with Gasteiger partial charge < -0.3 is 33.2 Å². The Bertz CT molecular complexity index is 1290. The van der Waals surface area contributed by atoms with Gasteiger partial charge in [-0.3, -0.25) is 29.6 Å². The van der Waals surface area contributed by atoms with Crippen LogP contribution in [0.3, 0.4) is 0 Å². The van der Waals surface area contributed by atoms with Gasteiger partial charge in [0.1, 0.15) is 6.10 Å². The SMILES string of the molecule is CC(C)(C)C(=O)OCOC[C@H]1O[C@@H](n2ccc(NO)nc2=O)[C@H](OC(=O)OC(=O)C(C)(C)C)[C@@H]1OC(=O)OC(=O)C(C)(C)C. The van der Waals surface area contributed by atoms with Crippen molar-refractivity contribution in [3.63, 3.8) is 0 Å². The van der Waals surface area contributed by atoms with Gasteiger partial charge in [-0.05, 0) is 68.4 Å². The molecule has 0 aliphatic carbocycles. The van der Waals surface area contributed by atoms with Gasteiger partial charge in [0.05, 0.1) is 22.9 Å². The highest BCUT2D eigenvalue weighted by Gasteiger charge is 2.52. The fraction of sp³-hybridized carbons (Fsp3) is 0.667. The Morgan fingerprint density at radius 3 is 1.82 bits per heavy atom. The first-order chi connectivity index (χ1) is 20.1. The summed E-state index contributed by atoms with van der Waals surface area (Å²) in [6.45, 7) is 12.8. The molecule has 1 saturated heterocycles. The van der Waals surface area contributed by atoms with Crippen molar-refractivity contribution in [1.82, 2.24) is 9.55 Å². The van der Waals surface area contributed by atoms with Crippen molar-refractivity contribution in [2.45, 2.75) is 86.9 Å². The predicted molar refractivity (Wildman–Crippen MR) is 146 cm³/mol. The number of nitrogens with one attached hydrogen (secondary N) is 1. The van der Waals surface area contributed by atoms with Crippen molar-refractivity contribution in [1.29, 1.82) is 0 Å². The first kappa shape index (κ1) is 36.1. The van der Waals surface area contributed by atoms with Crippen LogP contribution in [0.5, 0.6) is 0 Å². The molecule has 1 aromatic heterocycles. The summed E-state index contributed by atoms with van der Waals surface area (Å²) in [5, 5.41) is 9.10. The third kappa shape index (κ3) is 9.99. The summed E-state index contributed by atoms with van der Waals surface area (Å²) in [5.41, 5.74) is -2.34. The molecule has 2 rings (SSSR count). The van der Waals surface area contributed by atoms with Crippen LogP contribution in [0.15, 0.2) is 17.1 Å². The maximum atomic E-state index is 12.8. The minimum Gasteiger partial charge on any atom is -0.438 e. The van der Waals surface area contributed by atoms with Gasteiger partial charge in [-0.15, -0.1) is 0 Å². The lowest BCUT2D eigenvalue weighted by Crippen LogP contribution is -2.43. The molecule has 1 aliphatic heterocycles. The highest BCUT2D eigenvalue weighted by atomic mass is 16.8. The second-order valence-electron chi connectivity index (χ2n) is 12.8. The molecule has 44 heavy (non-hydrogen) atoms. The highest BCUT2D eigenvalue weighted by molar-refractivity contribution is 5.86. The van der Waals surface area contributed by atoms with E-state index in [1.807, 2.05) is 0 Å². The Morgan fingerprint density at radius 2 is 1.36 bits per heavy atom. The maximum Gasteiger partial charge on any atom is 0.516 e. The first-order valence-corrected chi connectivity index (χ1v) is 13.4. The largest absolute Gasteiger partial charge is 0.516 e. The molecule has 1 aliphatic rings.